The standard InChI is InChI=1S/C24H24Cl2N4O5S/c1-14-19-6-5-18(12-21(19)29-28-14)35-8-7-27-13-22(31)15-3-2-4-17(9-15)30-36(33,34)23-11-16(25)10-20(26)24(23)32/h2-6,9-12,22,27,30-32H,7-8,13H2,1H3,(H,28,29). The molecule has 4 aromatic rings. The third kappa shape index (κ3) is 6.03. The smallest absolute Gasteiger partial charge is 0.265 e. The molecular weight excluding hydrogens is 527 g/mol. The van der Waals surface area contributed by atoms with Crippen LogP contribution in [-0.4, -0.2) is 48.5 Å². The van der Waals surface area contributed by atoms with Crippen LogP contribution in [0.25, 0.3) is 10.9 Å². The molecule has 0 aliphatic rings. The Morgan fingerprint density at radius 2 is 1.94 bits per heavy atom. The van der Waals surface area contributed by atoms with Crippen LogP contribution >= 0.6 is 23.2 Å². The van der Waals surface area contributed by atoms with Gasteiger partial charge >= 0.3 is 0 Å². The number of sulfonamides is 1. The maximum absolute atomic E-state index is 12.8. The van der Waals surface area contributed by atoms with Crippen molar-refractivity contribution in [3.05, 3.63) is 75.9 Å². The molecule has 3 aromatic carbocycles. The fourth-order valence-electron chi connectivity index (χ4n) is 3.59. The molecule has 1 unspecified atom stereocenters. The van der Waals surface area contributed by atoms with Gasteiger partial charge in [0.25, 0.3) is 10.0 Å². The van der Waals surface area contributed by atoms with Crippen LogP contribution in [0.5, 0.6) is 11.5 Å². The first-order valence-electron chi connectivity index (χ1n) is 10.9. The molecule has 36 heavy (non-hydrogen) atoms. The number of hydrogen-bond acceptors (Lipinski definition) is 7. The number of aliphatic hydroxyl groups excluding tert-OH is 1. The molecule has 190 valence electrons. The molecule has 12 heteroatoms. The average molecular weight is 551 g/mol. The van der Waals surface area contributed by atoms with Gasteiger partial charge in [0.05, 0.1) is 22.3 Å². The third-order valence-electron chi connectivity index (χ3n) is 5.42. The molecule has 0 saturated heterocycles. The van der Waals surface area contributed by atoms with E-state index in [0.717, 1.165) is 22.7 Å². The second kappa shape index (κ2) is 10.9. The molecule has 0 radical (unpaired) electrons. The van der Waals surface area contributed by atoms with Gasteiger partial charge in [0.2, 0.25) is 0 Å². The number of benzene rings is 3. The van der Waals surface area contributed by atoms with Crippen LogP contribution in [0, 0.1) is 6.92 Å². The number of halogens is 2. The quantitative estimate of drug-likeness (QED) is 0.185. The lowest BCUT2D eigenvalue weighted by molar-refractivity contribution is 0.172. The first kappa shape index (κ1) is 26.1. The largest absolute Gasteiger partial charge is 0.505 e. The lowest BCUT2D eigenvalue weighted by atomic mass is 10.1. The van der Waals surface area contributed by atoms with Crippen LogP contribution in [0.15, 0.2) is 59.5 Å². The fraction of sp³-hybridized carbons (Fsp3) is 0.208. The number of nitrogens with zero attached hydrogens (tertiary/aromatic N) is 1. The molecule has 0 aliphatic heterocycles. The number of rotatable bonds is 10. The number of phenols is 1. The lowest BCUT2D eigenvalue weighted by Crippen LogP contribution is -2.26. The van der Waals surface area contributed by atoms with Gasteiger partial charge in [-0.25, -0.2) is 8.42 Å². The first-order valence-corrected chi connectivity index (χ1v) is 13.1. The highest BCUT2D eigenvalue weighted by Crippen LogP contribution is 2.35. The van der Waals surface area contributed by atoms with Crippen molar-refractivity contribution in [2.24, 2.45) is 0 Å². The van der Waals surface area contributed by atoms with E-state index in [1.165, 1.54) is 18.2 Å². The second-order valence-corrected chi connectivity index (χ2v) is 10.5. The van der Waals surface area contributed by atoms with Gasteiger partial charge in [-0.15, -0.1) is 0 Å². The Bertz CT molecular complexity index is 1490. The maximum atomic E-state index is 12.8. The summed E-state index contributed by atoms with van der Waals surface area (Å²) in [6.07, 6.45) is -0.896. The molecule has 1 atom stereocenters. The number of aromatic amines is 1. The fourth-order valence-corrected chi connectivity index (χ4v) is 5.40. The van der Waals surface area contributed by atoms with Gasteiger partial charge in [0, 0.05) is 35.3 Å². The van der Waals surface area contributed by atoms with Crippen molar-refractivity contribution in [3.63, 3.8) is 0 Å². The van der Waals surface area contributed by atoms with Crippen molar-refractivity contribution in [2.45, 2.75) is 17.9 Å². The van der Waals surface area contributed by atoms with Gasteiger partial charge in [0.15, 0.2) is 5.75 Å². The number of anilines is 1. The van der Waals surface area contributed by atoms with E-state index in [-0.39, 0.29) is 22.3 Å². The summed E-state index contributed by atoms with van der Waals surface area (Å²) in [4.78, 5) is -0.450. The Morgan fingerprint density at radius 1 is 1.14 bits per heavy atom. The minimum absolute atomic E-state index is 0.0642. The van der Waals surface area contributed by atoms with E-state index in [0.29, 0.717) is 24.5 Å². The normalized spacial score (nSPS) is 12.6. The predicted octanol–water partition coefficient (Wildman–Crippen LogP) is 4.39. The summed E-state index contributed by atoms with van der Waals surface area (Å²) < 4.78 is 33.6. The molecule has 0 bridgehead atoms. The van der Waals surface area contributed by atoms with E-state index in [9.17, 15) is 18.6 Å². The summed E-state index contributed by atoms with van der Waals surface area (Å²) in [6.45, 7) is 3.03. The second-order valence-electron chi connectivity index (χ2n) is 8.05. The van der Waals surface area contributed by atoms with Crippen LogP contribution in [0.1, 0.15) is 17.4 Å². The monoisotopic (exact) mass is 550 g/mol. The summed E-state index contributed by atoms with van der Waals surface area (Å²) in [5, 5.41) is 31.8. The van der Waals surface area contributed by atoms with Crippen LogP contribution in [0.4, 0.5) is 5.69 Å². The molecule has 0 saturated carbocycles. The Hall–Kier alpha value is -3.02. The van der Waals surface area contributed by atoms with E-state index >= 15 is 0 Å². The lowest BCUT2D eigenvalue weighted by Gasteiger charge is -2.15. The Morgan fingerprint density at radius 3 is 2.75 bits per heavy atom. The summed E-state index contributed by atoms with van der Waals surface area (Å²) in [5.41, 5.74) is 2.53. The SMILES string of the molecule is Cc1n[nH]c2cc(OCCNCC(O)c3cccc(NS(=O)(=O)c4cc(Cl)cc(Cl)c4O)c3)ccc12. The molecule has 4 rings (SSSR count). The minimum atomic E-state index is -4.18. The van der Waals surface area contributed by atoms with E-state index in [1.54, 1.807) is 12.1 Å². The zero-order valence-corrected chi connectivity index (χ0v) is 21.5. The number of H-pyrrole nitrogens is 1. The summed E-state index contributed by atoms with van der Waals surface area (Å²) in [7, 11) is -4.18. The van der Waals surface area contributed by atoms with Crippen molar-refractivity contribution < 1.29 is 23.4 Å². The topological polar surface area (TPSA) is 137 Å². The van der Waals surface area contributed by atoms with Crippen LogP contribution in [0.2, 0.25) is 10.0 Å². The third-order valence-corrected chi connectivity index (χ3v) is 7.32. The van der Waals surface area contributed by atoms with Crippen LogP contribution in [0.3, 0.4) is 0 Å². The predicted molar refractivity (Wildman–Crippen MR) is 140 cm³/mol. The molecule has 1 heterocycles. The maximum Gasteiger partial charge on any atom is 0.265 e. The van der Waals surface area contributed by atoms with Gasteiger partial charge in [-0.2, -0.15) is 5.10 Å². The number of ether oxygens (including phenoxy) is 1. The number of phenolic OH excluding ortho intramolecular Hbond substituents is 1. The summed E-state index contributed by atoms with van der Waals surface area (Å²) in [5.74, 6) is 0.108. The number of fused-ring (bicyclic) bond motifs is 1. The zero-order valence-electron chi connectivity index (χ0n) is 19.1. The van der Waals surface area contributed by atoms with Crippen molar-refractivity contribution in [3.8, 4) is 11.5 Å². The van der Waals surface area contributed by atoms with Gasteiger partial charge in [0.1, 0.15) is 17.3 Å². The molecule has 1 aromatic heterocycles. The van der Waals surface area contributed by atoms with Crippen molar-refractivity contribution in [1.82, 2.24) is 15.5 Å². The molecule has 0 aliphatic carbocycles. The Balaban J connectivity index is 1.31. The number of aliphatic hydroxyl groups is 1. The van der Waals surface area contributed by atoms with Gasteiger partial charge in [-0.05, 0) is 48.9 Å². The Labute approximate surface area is 218 Å². The number of aromatic nitrogens is 2. The summed E-state index contributed by atoms with van der Waals surface area (Å²) >= 11 is 11.7. The molecular formula is C24H24Cl2N4O5S. The molecule has 0 fully saturated rings. The first-order chi connectivity index (χ1) is 17.1. The van der Waals surface area contributed by atoms with E-state index in [4.69, 9.17) is 27.9 Å². The van der Waals surface area contributed by atoms with E-state index in [1.807, 2.05) is 25.1 Å². The average Bonchev–Trinajstić information content (AvgIpc) is 3.20. The highest BCUT2D eigenvalue weighted by molar-refractivity contribution is 7.92. The molecule has 9 nitrogen and oxygen atoms in total. The minimum Gasteiger partial charge on any atom is -0.505 e. The highest BCUT2D eigenvalue weighted by Gasteiger charge is 2.22. The summed E-state index contributed by atoms with van der Waals surface area (Å²) in [6, 6.07) is 14.4. The molecule has 5 N–H and O–H groups in total. The van der Waals surface area contributed by atoms with Crippen molar-refractivity contribution in [2.75, 3.05) is 24.4 Å². The van der Waals surface area contributed by atoms with Gasteiger partial charge < -0.3 is 20.3 Å². The zero-order chi connectivity index (χ0) is 25.9. The highest BCUT2D eigenvalue weighted by atomic mass is 35.5. The number of aryl methyl sites for hydroxylation is 1. The van der Waals surface area contributed by atoms with E-state index < -0.39 is 26.8 Å². The van der Waals surface area contributed by atoms with Gasteiger partial charge in [-0.1, -0.05) is 35.3 Å². The van der Waals surface area contributed by atoms with Crippen molar-refractivity contribution >= 4 is 49.8 Å². The van der Waals surface area contributed by atoms with Crippen molar-refractivity contribution in [1.29, 1.82) is 0 Å². The molecule has 0 amide bonds. The van der Waals surface area contributed by atoms with E-state index in [2.05, 4.69) is 20.2 Å². The van der Waals surface area contributed by atoms with Crippen LogP contribution in [-0.2, 0) is 10.0 Å². The number of hydrogen-bond donors (Lipinski definition) is 5. The molecule has 0 spiro atoms. The number of aromatic hydroxyl groups is 1. The van der Waals surface area contributed by atoms with Gasteiger partial charge in [-0.3, -0.25) is 9.82 Å². The van der Waals surface area contributed by atoms with Crippen LogP contribution < -0.4 is 14.8 Å². The number of nitrogens with one attached hydrogen (secondary N) is 3. The Kier molecular flexibility index (Phi) is 7.91.